The number of rotatable bonds is 7. The van der Waals surface area contributed by atoms with E-state index in [1.807, 2.05) is 18.2 Å². The Kier molecular flexibility index (Phi) is 8.86. The van der Waals surface area contributed by atoms with Crippen molar-refractivity contribution >= 4 is 29.4 Å². The van der Waals surface area contributed by atoms with Crippen molar-refractivity contribution in [3.05, 3.63) is 53.1 Å². The summed E-state index contributed by atoms with van der Waals surface area (Å²) in [5.41, 5.74) is 1.71. The third-order valence-corrected chi connectivity index (χ3v) is 16.0. The van der Waals surface area contributed by atoms with E-state index >= 15 is 0 Å². The van der Waals surface area contributed by atoms with E-state index in [1.54, 1.807) is 13.8 Å². The molecule has 1 heterocycles. The van der Waals surface area contributed by atoms with Crippen LogP contribution in [-0.4, -0.2) is 41.4 Å². The smallest absolute Gasteiger partial charge is 0.309 e. The number of Topliss-reactive ketones (excluding diaryl/α,β-unsaturated/α-hetero) is 1. The van der Waals surface area contributed by atoms with Gasteiger partial charge in [0, 0.05) is 17.4 Å². The molecule has 0 amide bonds. The highest BCUT2D eigenvalue weighted by molar-refractivity contribution is 6.08. The molecule has 0 spiro atoms. The molecule has 1 aromatic carbocycles. The molecular formula is C45H61NO6. The van der Waals surface area contributed by atoms with Crippen molar-refractivity contribution in [2.45, 2.75) is 133 Å². The number of allylic oxidation sites excluding steroid dienone is 1. The minimum atomic E-state index is -1.16. The van der Waals surface area contributed by atoms with Gasteiger partial charge in [-0.3, -0.25) is 19.4 Å². The van der Waals surface area contributed by atoms with E-state index in [2.05, 4.69) is 66.7 Å². The van der Waals surface area contributed by atoms with Gasteiger partial charge >= 0.3 is 11.9 Å². The van der Waals surface area contributed by atoms with E-state index in [4.69, 9.17) is 14.5 Å². The monoisotopic (exact) mass is 711 g/mol. The molecule has 0 unspecified atom stereocenters. The minimum Gasteiger partial charge on any atom is -0.481 e. The first kappa shape index (κ1) is 37.1. The zero-order chi connectivity index (χ0) is 37.6. The highest BCUT2D eigenvalue weighted by Gasteiger charge is 2.71. The van der Waals surface area contributed by atoms with Gasteiger partial charge in [-0.1, -0.05) is 78.8 Å². The topological polar surface area (TPSA) is 102 Å². The maximum atomic E-state index is 14.2. The summed E-state index contributed by atoms with van der Waals surface area (Å²) in [6.45, 7) is 20.4. The van der Waals surface area contributed by atoms with Gasteiger partial charge in [0.05, 0.1) is 23.8 Å². The van der Waals surface area contributed by atoms with Crippen molar-refractivity contribution in [2.24, 2.45) is 61.2 Å². The summed E-state index contributed by atoms with van der Waals surface area (Å²) in [6.07, 6.45) is 10.2. The molecule has 1 N–H and O–H groups in total. The molecule has 1 aliphatic heterocycles. The van der Waals surface area contributed by atoms with Crippen LogP contribution in [0.4, 0.5) is 0 Å². The summed E-state index contributed by atoms with van der Waals surface area (Å²) in [7, 11) is 0. The fraction of sp³-hybridized carbons (Fsp3) is 0.689. The number of fused-ring (bicyclic) bond motifs is 7. The van der Waals surface area contributed by atoms with Gasteiger partial charge in [0.1, 0.15) is 11.9 Å². The van der Waals surface area contributed by atoms with Crippen LogP contribution in [0.1, 0.15) is 132 Å². The molecule has 8 atom stereocenters. The fourth-order valence-corrected chi connectivity index (χ4v) is 13.1. The number of carbonyl (C=O) groups excluding carboxylic acids is 2. The quantitative estimate of drug-likeness (QED) is 0.283. The van der Waals surface area contributed by atoms with E-state index < -0.39 is 22.8 Å². The molecule has 0 aromatic heterocycles. The Balaban J connectivity index is 1.19. The predicted octanol–water partition coefficient (Wildman–Crippen LogP) is 9.85. The zero-order valence-corrected chi connectivity index (χ0v) is 33.1. The van der Waals surface area contributed by atoms with Crippen LogP contribution < -0.4 is 0 Å². The Morgan fingerprint density at radius 2 is 1.65 bits per heavy atom. The van der Waals surface area contributed by atoms with Gasteiger partial charge < -0.3 is 14.6 Å². The number of benzene rings is 1. The summed E-state index contributed by atoms with van der Waals surface area (Å²) >= 11 is 0. The van der Waals surface area contributed by atoms with Crippen molar-refractivity contribution in [3.63, 3.8) is 0 Å². The first-order chi connectivity index (χ1) is 24.3. The summed E-state index contributed by atoms with van der Waals surface area (Å²) in [4.78, 5) is 44.1. The molecule has 5 aliphatic carbocycles. The van der Waals surface area contributed by atoms with Crippen molar-refractivity contribution in [1.82, 2.24) is 0 Å². The molecule has 0 radical (unpaired) electrons. The second-order valence-corrected chi connectivity index (χ2v) is 19.7. The third kappa shape index (κ3) is 5.32. The predicted molar refractivity (Wildman–Crippen MR) is 203 cm³/mol. The lowest BCUT2D eigenvalue weighted by atomic mass is 9.33. The van der Waals surface area contributed by atoms with Gasteiger partial charge in [-0.2, -0.15) is 0 Å². The van der Waals surface area contributed by atoms with Crippen LogP contribution in [-0.2, 0) is 23.9 Å². The van der Waals surface area contributed by atoms with Crippen LogP contribution >= 0.6 is 0 Å². The molecule has 6 aliphatic rings. The average Bonchev–Trinajstić information content (AvgIpc) is 3.40. The molecule has 7 rings (SSSR count). The lowest BCUT2D eigenvalue weighted by Crippen LogP contribution is -2.66. The van der Waals surface area contributed by atoms with E-state index in [0.717, 1.165) is 74.2 Å². The first-order valence-electron chi connectivity index (χ1n) is 20.0. The zero-order valence-electron chi connectivity index (χ0n) is 33.1. The number of hydrogen-bond donors (Lipinski definition) is 1. The van der Waals surface area contributed by atoms with Gasteiger partial charge in [-0.25, -0.2) is 0 Å². The Morgan fingerprint density at radius 1 is 0.942 bits per heavy atom. The van der Waals surface area contributed by atoms with Crippen molar-refractivity contribution in [2.75, 3.05) is 6.54 Å². The van der Waals surface area contributed by atoms with Gasteiger partial charge in [0.15, 0.2) is 5.78 Å². The number of nitrogens with zero attached hydrogens (tertiary/aromatic N) is 1. The normalized spacial score (nSPS) is 38.2. The molecule has 7 nitrogen and oxygen atoms in total. The fourth-order valence-electron chi connectivity index (χ4n) is 13.1. The lowest BCUT2D eigenvalue weighted by molar-refractivity contribution is -0.232. The second-order valence-electron chi connectivity index (χ2n) is 19.7. The summed E-state index contributed by atoms with van der Waals surface area (Å²) < 4.78 is 13.0. The van der Waals surface area contributed by atoms with Crippen molar-refractivity contribution in [1.29, 1.82) is 0 Å². The number of carboxylic acids is 1. The molecule has 282 valence electrons. The van der Waals surface area contributed by atoms with Crippen molar-refractivity contribution in [3.8, 4) is 0 Å². The van der Waals surface area contributed by atoms with Crippen LogP contribution in [0, 0.1) is 56.2 Å². The van der Waals surface area contributed by atoms with Crippen LogP contribution in [0.2, 0.25) is 0 Å². The average molecular weight is 712 g/mol. The van der Waals surface area contributed by atoms with Gasteiger partial charge in [-0.05, 0) is 122 Å². The van der Waals surface area contributed by atoms with Crippen LogP contribution in [0.5, 0.6) is 0 Å². The standard InChI is InChI=1S/C45H61NO6/c1-27(2)36-30(47)25-45(38-46-24-19-31(51-38)28-13-11-10-12-14-28)23-22-43(8)29(37(36)45)15-16-33-42(7)20-18-34(52-35(48)26-40(3,4)39(49)50)41(5,6)32(42)17-21-44(33,43)9/h10-14,19,27,29,32-34H,15-18,20-26H2,1-9H3,(H,49,50)/t29-,32+,33-,34+,42+,43-,44-,45-/m1/s1. The minimum absolute atomic E-state index is 0.0106. The number of ether oxygens (including phenoxy) is 2. The molecule has 7 heteroatoms. The van der Waals surface area contributed by atoms with Gasteiger partial charge in [0.2, 0.25) is 5.90 Å². The molecule has 4 fully saturated rings. The highest BCUT2D eigenvalue weighted by atomic mass is 16.5. The maximum Gasteiger partial charge on any atom is 0.309 e. The lowest BCUT2D eigenvalue weighted by Gasteiger charge is -2.72. The Hall–Kier alpha value is -3.22. The number of aliphatic imine (C=N–C) groups is 1. The van der Waals surface area contributed by atoms with Gasteiger partial charge in [-0.15, -0.1) is 0 Å². The van der Waals surface area contributed by atoms with E-state index in [9.17, 15) is 19.5 Å². The largest absolute Gasteiger partial charge is 0.481 e. The number of aliphatic carboxylic acids is 1. The number of hydrogen-bond acceptors (Lipinski definition) is 6. The van der Waals surface area contributed by atoms with Crippen LogP contribution in [0.15, 0.2) is 52.5 Å². The Morgan fingerprint density at radius 3 is 2.33 bits per heavy atom. The molecule has 52 heavy (non-hydrogen) atoms. The van der Waals surface area contributed by atoms with E-state index in [-0.39, 0.29) is 51.8 Å². The number of carbonyl (C=O) groups is 3. The SMILES string of the molecule is CC(C)C1=C2[C@H]3CC[C@@H]4[C@@]5(C)CC[C@H](OC(=O)CC(C)(C)C(=O)O)C(C)(C)[C@@H]5CC[C@@]4(C)[C@]3(C)CC[C@@]2(C2=NCC=C(c3ccccc3)O2)CC1=O. The molecule has 0 bridgehead atoms. The Labute approximate surface area is 311 Å². The summed E-state index contributed by atoms with van der Waals surface area (Å²) in [5, 5.41) is 9.62. The highest BCUT2D eigenvalue weighted by Crippen LogP contribution is 2.77. The number of carboxylic acid groups (broad SMARTS) is 1. The van der Waals surface area contributed by atoms with Crippen LogP contribution in [0.3, 0.4) is 0 Å². The molecule has 1 aromatic rings. The molecule has 4 saturated carbocycles. The summed E-state index contributed by atoms with van der Waals surface area (Å²) in [6, 6.07) is 10.3. The third-order valence-electron chi connectivity index (χ3n) is 16.0. The molecular weight excluding hydrogens is 650 g/mol. The number of esters is 1. The Bertz CT molecular complexity index is 1750. The van der Waals surface area contributed by atoms with E-state index in [0.29, 0.717) is 24.8 Å². The maximum absolute atomic E-state index is 14.2. The van der Waals surface area contributed by atoms with Crippen LogP contribution in [0.25, 0.3) is 5.76 Å². The summed E-state index contributed by atoms with van der Waals surface area (Å²) in [5.74, 6) is 1.78. The number of ketones is 1. The van der Waals surface area contributed by atoms with Gasteiger partial charge in [0.25, 0.3) is 0 Å². The first-order valence-corrected chi connectivity index (χ1v) is 20.0. The molecule has 0 saturated heterocycles. The van der Waals surface area contributed by atoms with Crippen molar-refractivity contribution < 1.29 is 29.0 Å². The van der Waals surface area contributed by atoms with E-state index in [1.165, 1.54) is 5.57 Å². The second kappa shape index (κ2) is 12.4.